The van der Waals surface area contributed by atoms with Crippen molar-refractivity contribution in [1.29, 1.82) is 0 Å². The number of methoxy groups -OCH3 is 1. The summed E-state index contributed by atoms with van der Waals surface area (Å²) in [6.45, 7) is -0.0356. The Labute approximate surface area is 111 Å². The molecule has 0 aliphatic carbocycles. The van der Waals surface area contributed by atoms with Crippen molar-refractivity contribution in [3.8, 4) is 0 Å². The van der Waals surface area contributed by atoms with Crippen molar-refractivity contribution < 1.29 is 19.1 Å². The van der Waals surface area contributed by atoms with Crippen molar-refractivity contribution in [2.24, 2.45) is 0 Å². The lowest BCUT2D eigenvalue weighted by Gasteiger charge is -2.17. The largest absolute Gasteiger partial charge is 0.465 e. The molecule has 0 bridgehead atoms. The second-order valence-corrected chi connectivity index (χ2v) is 4.52. The van der Waals surface area contributed by atoms with Crippen LogP contribution in [0.1, 0.15) is 16.8 Å². The van der Waals surface area contributed by atoms with Crippen LogP contribution in [0.2, 0.25) is 0 Å². The van der Waals surface area contributed by atoms with Gasteiger partial charge in [0.25, 0.3) is 0 Å². The molecule has 2 heterocycles. The van der Waals surface area contributed by atoms with Gasteiger partial charge in [-0.05, 0) is 22.0 Å². The predicted molar refractivity (Wildman–Crippen MR) is 65.3 cm³/mol. The smallest absolute Gasteiger partial charge is 0.340 e. The van der Waals surface area contributed by atoms with Gasteiger partial charge in [-0.25, -0.2) is 9.78 Å². The van der Waals surface area contributed by atoms with Gasteiger partial charge in [0.15, 0.2) is 5.78 Å². The maximum Gasteiger partial charge on any atom is 0.340 e. The lowest BCUT2D eigenvalue weighted by molar-refractivity contribution is -0.121. The number of rotatable bonds is 2. The molecule has 0 spiro atoms. The Balaban J connectivity index is 2.47. The van der Waals surface area contributed by atoms with Crippen LogP contribution in [0.4, 0.5) is 5.69 Å². The number of Topliss-reactive ketones (excluding diaryl/α,β-unsaturated/α-hetero) is 1. The summed E-state index contributed by atoms with van der Waals surface area (Å²) in [6.07, 6.45) is 1.23. The number of carbonyl (C=O) groups is 3. The molecule has 18 heavy (non-hydrogen) atoms. The summed E-state index contributed by atoms with van der Waals surface area (Å²) in [5, 5.41) is 0. The van der Waals surface area contributed by atoms with Gasteiger partial charge in [-0.1, -0.05) is 0 Å². The molecule has 0 radical (unpaired) electrons. The zero-order valence-corrected chi connectivity index (χ0v) is 11.1. The summed E-state index contributed by atoms with van der Waals surface area (Å²) in [5.41, 5.74) is 0.489. The van der Waals surface area contributed by atoms with Crippen LogP contribution in [0, 0.1) is 0 Å². The Kier molecular flexibility index (Phi) is 3.42. The summed E-state index contributed by atoms with van der Waals surface area (Å²) in [7, 11) is 1.25. The molecule has 1 aromatic rings. The average molecular weight is 313 g/mol. The first-order valence-electron chi connectivity index (χ1n) is 5.09. The zero-order chi connectivity index (χ0) is 13.3. The van der Waals surface area contributed by atoms with Crippen molar-refractivity contribution >= 4 is 39.3 Å². The van der Waals surface area contributed by atoms with E-state index in [4.69, 9.17) is 0 Å². The highest BCUT2D eigenvalue weighted by molar-refractivity contribution is 9.10. The summed E-state index contributed by atoms with van der Waals surface area (Å²) >= 11 is 3.14. The van der Waals surface area contributed by atoms with Crippen LogP contribution in [0.3, 0.4) is 0 Å². The van der Waals surface area contributed by atoms with Gasteiger partial charge in [-0.2, -0.15) is 0 Å². The standard InChI is InChI=1S/C11H9BrN2O4/c1-18-11(17)7-3-9(12)13-4-8(7)14-5-6(15)2-10(14)16/h3-4H,2,5H2,1H3. The monoisotopic (exact) mass is 312 g/mol. The molecule has 1 aliphatic rings. The number of halogens is 1. The van der Waals surface area contributed by atoms with E-state index >= 15 is 0 Å². The summed E-state index contributed by atoms with van der Waals surface area (Å²) in [4.78, 5) is 39.7. The fourth-order valence-electron chi connectivity index (χ4n) is 1.72. The quantitative estimate of drug-likeness (QED) is 0.461. The molecular formula is C11H9BrN2O4. The van der Waals surface area contributed by atoms with Crippen molar-refractivity contribution in [3.05, 3.63) is 22.4 Å². The Bertz CT molecular complexity index is 544. The van der Waals surface area contributed by atoms with E-state index in [2.05, 4.69) is 25.7 Å². The van der Waals surface area contributed by atoms with E-state index in [1.54, 1.807) is 0 Å². The van der Waals surface area contributed by atoms with Crippen molar-refractivity contribution in [2.75, 3.05) is 18.6 Å². The lowest BCUT2D eigenvalue weighted by Crippen LogP contribution is -2.27. The molecule has 1 fully saturated rings. The van der Waals surface area contributed by atoms with E-state index in [1.165, 1.54) is 24.3 Å². The number of pyridine rings is 1. The molecule has 2 rings (SSSR count). The molecule has 7 heteroatoms. The van der Waals surface area contributed by atoms with Gasteiger partial charge in [-0.15, -0.1) is 0 Å². The number of hydrogen-bond donors (Lipinski definition) is 0. The Morgan fingerprint density at radius 3 is 2.78 bits per heavy atom. The second-order valence-electron chi connectivity index (χ2n) is 3.71. The van der Waals surface area contributed by atoms with E-state index in [0.29, 0.717) is 10.3 Å². The molecule has 0 atom stereocenters. The van der Waals surface area contributed by atoms with Crippen LogP contribution >= 0.6 is 15.9 Å². The SMILES string of the molecule is COC(=O)c1cc(Br)ncc1N1CC(=O)CC1=O. The number of ether oxygens (including phenoxy) is 1. The molecule has 0 aromatic carbocycles. The lowest BCUT2D eigenvalue weighted by atomic mass is 10.2. The first-order valence-corrected chi connectivity index (χ1v) is 5.88. The summed E-state index contributed by atoms with van der Waals surface area (Å²) in [6, 6.07) is 1.46. The van der Waals surface area contributed by atoms with Gasteiger partial charge in [0.05, 0.1) is 37.5 Å². The van der Waals surface area contributed by atoms with E-state index in [0.717, 1.165) is 0 Å². The molecule has 94 valence electrons. The molecule has 1 aromatic heterocycles. The van der Waals surface area contributed by atoms with Crippen LogP contribution in [-0.4, -0.2) is 36.3 Å². The highest BCUT2D eigenvalue weighted by atomic mass is 79.9. The number of esters is 1. The van der Waals surface area contributed by atoms with Crippen molar-refractivity contribution in [2.45, 2.75) is 6.42 Å². The third-order valence-corrected chi connectivity index (χ3v) is 2.96. The molecule has 0 N–H and O–H groups in total. The fraction of sp³-hybridized carbons (Fsp3) is 0.273. The van der Waals surface area contributed by atoms with Gasteiger partial charge in [-0.3, -0.25) is 9.59 Å². The highest BCUT2D eigenvalue weighted by Gasteiger charge is 2.31. The van der Waals surface area contributed by atoms with E-state index in [-0.39, 0.29) is 30.2 Å². The third kappa shape index (κ3) is 2.26. The van der Waals surface area contributed by atoms with Gasteiger partial charge >= 0.3 is 5.97 Å². The minimum atomic E-state index is -0.583. The molecule has 1 amide bonds. The molecule has 0 saturated carbocycles. The maximum atomic E-state index is 11.6. The number of aromatic nitrogens is 1. The average Bonchev–Trinajstić information content (AvgIpc) is 2.67. The summed E-state index contributed by atoms with van der Waals surface area (Å²) < 4.78 is 5.09. The highest BCUT2D eigenvalue weighted by Crippen LogP contribution is 2.26. The predicted octanol–water partition coefficient (Wildman–Crippen LogP) is 0.936. The molecular weight excluding hydrogens is 304 g/mol. The Morgan fingerprint density at radius 2 is 2.22 bits per heavy atom. The van der Waals surface area contributed by atoms with Crippen molar-refractivity contribution in [3.63, 3.8) is 0 Å². The van der Waals surface area contributed by atoms with Crippen LogP contribution < -0.4 is 4.90 Å². The third-order valence-electron chi connectivity index (χ3n) is 2.53. The fourth-order valence-corrected chi connectivity index (χ4v) is 2.05. The first-order chi connectivity index (χ1) is 8.52. The van der Waals surface area contributed by atoms with E-state index in [9.17, 15) is 14.4 Å². The van der Waals surface area contributed by atoms with Crippen molar-refractivity contribution in [1.82, 2.24) is 4.98 Å². The second kappa shape index (κ2) is 4.85. The first kappa shape index (κ1) is 12.7. The molecule has 1 saturated heterocycles. The van der Waals surface area contributed by atoms with Gasteiger partial charge in [0.2, 0.25) is 5.91 Å². The van der Waals surface area contributed by atoms with Gasteiger partial charge in [0, 0.05) is 0 Å². The number of ketones is 1. The zero-order valence-electron chi connectivity index (χ0n) is 9.47. The summed E-state index contributed by atoms with van der Waals surface area (Å²) in [5.74, 6) is -1.10. The molecule has 0 unspecified atom stereocenters. The van der Waals surface area contributed by atoms with Gasteiger partial charge in [0.1, 0.15) is 4.60 Å². The van der Waals surface area contributed by atoms with Crippen LogP contribution in [0.5, 0.6) is 0 Å². The normalized spacial score (nSPS) is 15.1. The Morgan fingerprint density at radius 1 is 1.50 bits per heavy atom. The molecule has 6 nitrogen and oxygen atoms in total. The number of carbonyl (C=O) groups excluding carboxylic acids is 3. The number of amides is 1. The van der Waals surface area contributed by atoms with Crippen LogP contribution in [0.25, 0.3) is 0 Å². The van der Waals surface area contributed by atoms with E-state index in [1.807, 2.05) is 0 Å². The number of anilines is 1. The Hall–Kier alpha value is -1.76. The molecule has 1 aliphatic heterocycles. The van der Waals surface area contributed by atoms with E-state index < -0.39 is 5.97 Å². The minimum absolute atomic E-state index is 0.0356. The maximum absolute atomic E-state index is 11.6. The topological polar surface area (TPSA) is 76.6 Å². The number of nitrogens with zero attached hydrogens (tertiary/aromatic N) is 2. The van der Waals surface area contributed by atoms with Crippen LogP contribution in [0.15, 0.2) is 16.9 Å². The number of hydrogen-bond acceptors (Lipinski definition) is 5. The minimum Gasteiger partial charge on any atom is -0.465 e. The van der Waals surface area contributed by atoms with Crippen LogP contribution in [-0.2, 0) is 14.3 Å². The van der Waals surface area contributed by atoms with Gasteiger partial charge < -0.3 is 9.64 Å².